The number of nitrogens with one attached hydrogen (secondary N) is 1. The van der Waals surface area contributed by atoms with Gasteiger partial charge in [0.05, 0.1) is 23.3 Å². The third-order valence-corrected chi connectivity index (χ3v) is 6.60. The maximum absolute atomic E-state index is 12.7. The highest BCUT2D eigenvalue weighted by molar-refractivity contribution is 6.31. The van der Waals surface area contributed by atoms with Gasteiger partial charge in [0.2, 0.25) is 0 Å². The second-order valence-corrected chi connectivity index (χ2v) is 8.82. The molecule has 1 amide bonds. The minimum Gasteiger partial charge on any atom is -0.505 e. The van der Waals surface area contributed by atoms with E-state index in [1.54, 1.807) is 24.3 Å². The molecule has 9 heteroatoms. The van der Waals surface area contributed by atoms with E-state index < -0.39 is 5.91 Å². The molecule has 0 bridgehead atoms. The Balaban J connectivity index is 1.29. The number of amides is 1. The van der Waals surface area contributed by atoms with Gasteiger partial charge in [-0.2, -0.15) is 5.26 Å². The zero-order chi connectivity index (χ0) is 22.9. The van der Waals surface area contributed by atoms with Crippen LogP contribution in [0.2, 0.25) is 5.02 Å². The van der Waals surface area contributed by atoms with Crippen molar-refractivity contribution in [3.05, 3.63) is 58.4 Å². The van der Waals surface area contributed by atoms with Gasteiger partial charge in [-0.3, -0.25) is 9.69 Å². The van der Waals surface area contributed by atoms with Crippen LogP contribution in [0.4, 0.5) is 5.82 Å². The fraction of sp³-hybridized carbons (Fsp3) is 0.333. The molecule has 0 unspecified atom stereocenters. The highest BCUT2D eigenvalue weighted by atomic mass is 35.5. The molecule has 1 aliphatic carbocycles. The molecule has 1 aliphatic heterocycles. The van der Waals surface area contributed by atoms with E-state index in [0.29, 0.717) is 27.1 Å². The Kier molecular flexibility index (Phi) is 5.75. The van der Waals surface area contributed by atoms with E-state index in [0.717, 1.165) is 38.0 Å². The van der Waals surface area contributed by atoms with Crippen LogP contribution in [-0.4, -0.2) is 58.1 Å². The highest BCUT2D eigenvalue weighted by Crippen LogP contribution is 2.30. The predicted molar refractivity (Wildman–Crippen MR) is 125 cm³/mol. The van der Waals surface area contributed by atoms with Gasteiger partial charge in [0.15, 0.2) is 11.4 Å². The van der Waals surface area contributed by atoms with Crippen LogP contribution in [0, 0.1) is 11.3 Å². The van der Waals surface area contributed by atoms with E-state index in [-0.39, 0.29) is 18.0 Å². The summed E-state index contributed by atoms with van der Waals surface area (Å²) in [5, 5.41) is 23.2. The van der Waals surface area contributed by atoms with Crippen molar-refractivity contribution < 1.29 is 9.90 Å². The van der Waals surface area contributed by atoms with Crippen LogP contribution >= 0.6 is 11.6 Å². The number of halogens is 1. The summed E-state index contributed by atoms with van der Waals surface area (Å²) in [6.45, 7) is 4.07. The number of aromatic hydroxyl groups is 1. The lowest BCUT2D eigenvalue weighted by Gasteiger charge is -2.35. The van der Waals surface area contributed by atoms with Crippen LogP contribution in [0.3, 0.4) is 0 Å². The van der Waals surface area contributed by atoms with Crippen molar-refractivity contribution >= 4 is 34.2 Å². The lowest BCUT2D eigenvalue weighted by atomic mass is 10.1. The zero-order valence-electron chi connectivity index (χ0n) is 18.0. The SMILES string of the molecule is N#Cc1ccc(CNC(=O)c2ncc3nc(N4CCN(C5CC5)CC4)ccc3c2O)c(Cl)c1. The Labute approximate surface area is 196 Å². The molecule has 3 aromatic rings. The molecule has 0 spiro atoms. The van der Waals surface area contributed by atoms with Gasteiger partial charge in [0, 0.05) is 49.2 Å². The summed E-state index contributed by atoms with van der Waals surface area (Å²) in [7, 11) is 0. The molecule has 33 heavy (non-hydrogen) atoms. The normalized spacial score (nSPS) is 16.5. The van der Waals surface area contributed by atoms with Crippen molar-refractivity contribution in [2.45, 2.75) is 25.4 Å². The summed E-state index contributed by atoms with van der Waals surface area (Å²) in [5.41, 5.74) is 1.58. The van der Waals surface area contributed by atoms with Crippen LogP contribution in [0.25, 0.3) is 10.9 Å². The number of pyridine rings is 2. The lowest BCUT2D eigenvalue weighted by molar-refractivity contribution is 0.0943. The van der Waals surface area contributed by atoms with Crippen molar-refractivity contribution in [1.82, 2.24) is 20.2 Å². The van der Waals surface area contributed by atoms with E-state index >= 15 is 0 Å². The number of rotatable bonds is 5. The number of nitriles is 1. The Bertz CT molecular complexity index is 1260. The van der Waals surface area contributed by atoms with Crippen LogP contribution < -0.4 is 10.2 Å². The molecule has 5 rings (SSSR count). The van der Waals surface area contributed by atoms with Gasteiger partial charge in [0.25, 0.3) is 5.91 Å². The maximum atomic E-state index is 12.7. The van der Waals surface area contributed by atoms with Crippen molar-refractivity contribution in [1.29, 1.82) is 5.26 Å². The Morgan fingerprint density at radius 1 is 1.21 bits per heavy atom. The van der Waals surface area contributed by atoms with Crippen LogP contribution in [0.15, 0.2) is 36.5 Å². The van der Waals surface area contributed by atoms with E-state index in [1.807, 2.05) is 12.1 Å². The van der Waals surface area contributed by atoms with Crippen molar-refractivity contribution in [2.75, 3.05) is 31.1 Å². The maximum Gasteiger partial charge on any atom is 0.274 e. The monoisotopic (exact) mass is 462 g/mol. The average molecular weight is 463 g/mol. The first-order valence-corrected chi connectivity index (χ1v) is 11.4. The van der Waals surface area contributed by atoms with E-state index in [4.69, 9.17) is 16.9 Å². The molecular weight excluding hydrogens is 440 g/mol. The second-order valence-electron chi connectivity index (χ2n) is 8.41. The highest BCUT2D eigenvalue weighted by Gasteiger charge is 2.31. The van der Waals surface area contributed by atoms with Crippen molar-refractivity contribution in [3.8, 4) is 11.8 Å². The van der Waals surface area contributed by atoms with Gasteiger partial charge in [-0.25, -0.2) is 9.97 Å². The number of carbonyl (C=O) groups excluding carboxylic acids is 1. The molecular formula is C24H23ClN6O2. The fourth-order valence-corrected chi connectivity index (χ4v) is 4.44. The summed E-state index contributed by atoms with van der Waals surface area (Å²) < 4.78 is 0. The molecule has 0 atom stereocenters. The fourth-order valence-electron chi connectivity index (χ4n) is 4.19. The molecule has 3 heterocycles. The third-order valence-electron chi connectivity index (χ3n) is 6.24. The Morgan fingerprint density at radius 2 is 2.00 bits per heavy atom. The Hall–Kier alpha value is -3.41. The number of piperazine rings is 1. The first kappa shape index (κ1) is 21.4. The standard InChI is InChI=1S/C24H23ClN6O2/c25-19-11-15(12-26)1-2-16(19)13-28-24(33)22-23(32)18-5-6-21(29-20(18)14-27-22)31-9-7-30(8-10-31)17-3-4-17/h1-2,5-6,11,14,17,32H,3-4,7-10,13H2,(H,28,33). The number of carbonyl (C=O) groups is 1. The molecule has 1 saturated heterocycles. The number of nitrogens with zero attached hydrogens (tertiary/aromatic N) is 5. The summed E-state index contributed by atoms with van der Waals surface area (Å²) in [6, 6.07) is 11.3. The third kappa shape index (κ3) is 4.42. The first-order chi connectivity index (χ1) is 16.0. The first-order valence-electron chi connectivity index (χ1n) is 11.0. The molecule has 0 radical (unpaired) electrons. The topological polar surface area (TPSA) is 105 Å². The minimum absolute atomic E-state index is 0.0696. The molecule has 8 nitrogen and oxygen atoms in total. The number of hydrogen-bond donors (Lipinski definition) is 2. The number of anilines is 1. The number of hydrogen-bond acceptors (Lipinski definition) is 7. The van der Waals surface area contributed by atoms with E-state index in [2.05, 4.69) is 25.1 Å². The average Bonchev–Trinajstić information content (AvgIpc) is 3.69. The Morgan fingerprint density at radius 3 is 2.70 bits per heavy atom. The van der Waals surface area contributed by atoms with Crippen LogP contribution in [0.1, 0.15) is 34.5 Å². The second kappa shape index (κ2) is 8.85. The van der Waals surface area contributed by atoms with Gasteiger partial charge < -0.3 is 15.3 Å². The van der Waals surface area contributed by atoms with Gasteiger partial charge in [-0.05, 0) is 42.7 Å². The van der Waals surface area contributed by atoms with Crippen LogP contribution in [0.5, 0.6) is 5.75 Å². The lowest BCUT2D eigenvalue weighted by Crippen LogP contribution is -2.47. The molecule has 2 aromatic heterocycles. The molecule has 2 aliphatic rings. The smallest absolute Gasteiger partial charge is 0.274 e. The van der Waals surface area contributed by atoms with E-state index in [9.17, 15) is 9.90 Å². The summed E-state index contributed by atoms with van der Waals surface area (Å²) >= 11 is 6.17. The molecule has 168 valence electrons. The van der Waals surface area contributed by atoms with Gasteiger partial charge in [-0.15, -0.1) is 0 Å². The summed E-state index contributed by atoms with van der Waals surface area (Å²) in [4.78, 5) is 26.3. The molecule has 1 saturated carbocycles. The molecule has 2 fully saturated rings. The summed E-state index contributed by atoms with van der Waals surface area (Å²) in [6.07, 6.45) is 4.15. The van der Waals surface area contributed by atoms with E-state index in [1.165, 1.54) is 19.0 Å². The quantitative estimate of drug-likeness (QED) is 0.600. The van der Waals surface area contributed by atoms with Crippen LogP contribution in [-0.2, 0) is 6.54 Å². The van der Waals surface area contributed by atoms with Gasteiger partial charge >= 0.3 is 0 Å². The minimum atomic E-state index is -0.518. The zero-order valence-corrected chi connectivity index (χ0v) is 18.7. The van der Waals surface area contributed by atoms with Crippen molar-refractivity contribution in [2.24, 2.45) is 0 Å². The number of aromatic nitrogens is 2. The molecule has 2 N–H and O–H groups in total. The summed E-state index contributed by atoms with van der Waals surface area (Å²) in [5.74, 6) is 0.135. The number of fused-ring (bicyclic) bond motifs is 1. The van der Waals surface area contributed by atoms with Gasteiger partial charge in [-0.1, -0.05) is 17.7 Å². The van der Waals surface area contributed by atoms with Gasteiger partial charge in [0.1, 0.15) is 5.82 Å². The predicted octanol–water partition coefficient (Wildman–Crippen LogP) is 3.07. The number of benzene rings is 1. The van der Waals surface area contributed by atoms with Crippen molar-refractivity contribution in [3.63, 3.8) is 0 Å². The largest absolute Gasteiger partial charge is 0.505 e. The molecule has 1 aromatic carbocycles.